The predicted molar refractivity (Wildman–Crippen MR) is 93.0 cm³/mol. The van der Waals surface area contributed by atoms with Crippen molar-refractivity contribution in [1.82, 2.24) is 9.80 Å². The molecule has 132 valence electrons. The number of hydrogen-bond acceptors (Lipinski definition) is 3. The first-order valence-electron chi connectivity index (χ1n) is 8.02. The van der Waals surface area contributed by atoms with Gasteiger partial charge in [-0.1, -0.05) is 44.2 Å². The molecule has 0 fully saturated rings. The lowest BCUT2D eigenvalue weighted by molar-refractivity contribution is -0.147. The second-order valence-electron chi connectivity index (χ2n) is 6.38. The van der Waals surface area contributed by atoms with Crippen molar-refractivity contribution in [3.63, 3.8) is 0 Å². The number of primary amides is 1. The summed E-state index contributed by atoms with van der Waals surface area (Å²) in [5.74, 6) is -1.12. The molecule has 0 aliphatic rings. The van der Waals surface area contributed by atoms with Gasteiger partial charge in [0.05, 0.1) is 6.42 Å². The lowest BCUT2D eigenvalue weighted by Crippen LogP contribution is -2.54. The van der Waals surface area contributed by atoms with E-state index in [1.165, 1.54) is 9.80 Å². The van der Waals surface area contributed by atoms with Gasteiger partial charge in [0, 0.05) is 14.1 Å². The molecular weight excluding hydrogens is 306 g/mol. The van der Waals surface area contributed by atoms with Gasteiger partial charge in [-0.05, 0) is 18.4 Å². The summed E-state index contributed by atoms with van der Waals surface area (Å²) in [4.78, 5) is 39.3. The lowest BCUT2D eigenvalue weighted by atomic mass is 10.0. The molecule has 1 aromatic rings. The number of rotatable bonds is 7. The Labute approximate surface area is 143 Å². The van der Waals surface area contributed by atoms with E-state index in [1.54, 1.807) is 21.0 Å². The molecule has 0 saturated carbocycles. The van der Waals surface area contributed by atoms with Gasteiger partial charge in [-0.2, -0.15) is 0 Å². The van der Waals surface area contributed by atoms with Crippen LogP contribution in [0.25, 0.3) is 0 Å². The van der Waals surface area contributed by atoms with Gasteiger partial charge in [0.2, 0.25) is 17.7 Å². The third-order valence-electron chi connectivity index (χ3n) is 4.22. The number of benzene rings is 1. The number of amides is 3. The van der Waals surface area contributed by atoms with Gasteiger partial charge in [0.25, 0.3) is 0 Å². The first-order chi connectivity index (χ1) is 11.2. The van der Waals surface area contributed by atoms with Gasteiger partial charge in [0.1, 0.15) is 12.1 Å². The fourth-order valence-electron chi connectivity index (χ4n) is 2.68. The first-order valence-corrected chi connectivity index (χ1v) is 8.02. The van der Waals surface area contributed by atoms with Crippen LogP contribution in [0.3, 0.4) is 0 Å². The van der Waals surface area contributed by atoms with E-state index >= 15 is 0 Å². The summed E-state index contributed by atoms with van der Waals surface area (Å²) in [5.41, 5.74) is 6.29. The van der Waals surface area contributed by atoms with Gasteiger partial charge in [0.15, 0.2) is 0 Å². The standard InChI is InChI=1S/C18H27N3O3/c1-12(2)16(17(19)23)21(5)18(24)13(3)20(4)15(22)11-14-9-7-6-8-10-14/h6-10,12-13,16H,11H2,1-5H3,(H2,19,23)/t13-,16-/m0/s1. The Kier molecular flexibility index (Phi) is 6.95. The van der Waals surface area contributed by atoms with Gasteiger partial charge in [-0.15, -0.1) is 0 Å². The van der Waals surface area contributed by atoms with Crippen molar-refractivity contribution >= 4 is 17.7 Å². The monoisotopic (exact) mass is 333 g/mol. The van der Waals surface area contributed by atoms with Gasteiger partial charge in [-0.3, -0.25) is 14.4 Å². The average molecular weight is 333 g/mol. The van der Waals surface area contributed by atoms with Crippen LogP contribution in [0.15, 0.2) is 30.3 Å². The number of carbonyl (C=O) groups is 3. The Morgan fingerprint density at radius 2 is 1.54 bits per heavy atom. The zero-order valence-corrected chi connectivity index (χ0v) is 15.0. The van der Waals surface area contributed by atoms with E-state index < -0.39 is 18.0 Å². The first kappa shape index (κ1) is 19.7. The molecule has 6 heteroatoms. The zero-order chi connectivity index (χ0) is 18.4. The predicted octanol–water partition coefficient (Wildman–Crippen LogP) is 1.04. The van der Waals surface area contributed by atoms with Crippen LogP contribution >= 0.6 is 0 Å². The Morgan fingerprint density at radius 1 is 1.00 bits per heavy atom. The highest BCUT2D eigenvalue weighted by molar-refractivity contribution is 5.91. The molecular formula is C18H27N3O3. The van der Waals surface area contributed by atoms with E-state index in [0.29, 0.717) is 0 Å². The minimum absolute atomic E-state index is 0.103. The molecule has 24 heavy (non-hydrogen) atoms. The summed E-state index contributed by atoms with van der Waals surface area (Å²) >= 11 is 0. The van der Waals surface area contributed by atoms with Crippen molar-refractivity contribution in [2.75, 3.05) is 14.1 Å². The third kappa shape index (κ3) is 4.81. The molecule has 1 rings (SSSR count). The number of nitrogens with zero attached hydrogens (tertiary/aromatic N) is 2. The SMILES string of the molecule is CC(C)[C@@H](C(N)=O)N(C)C(=O)[C@H](C)N(C)C(=O)Cc1ccccc1. The molecule has 0 radical (unpaired) electrons. The summed E-state index contributed by atoms with van der Waals surface area (Å²) in [6, 6.07) is 7.98. The largest absolute Gasteiger partial charge is 0.368 e. The molecule has 3 amide bonds. The Balaban J connectivity index is 2.79. The normalized spacial score (nSPS) is 13.2. The maximum Gasteiger partial charge on any atom is 0.245 e. The van der Waals surface area contributed by atoms with E-state index in [0.717, 1.165) is 5.56 Å². The topological polar surface area (TPSA) is 83.7 Å². The highest BCUT2D eigenvalue weighted by atomic mass is 16.2. The van der Waals surface area contributed by atoms with Crippen molar-refractivity contribution in [2.45, 2.75) is 39.3 Å². The number of carbonyl (C=O) groups excluding carboxylic acids is 3. The molecule has 2 N–H and O–H groups in total. The quantitative estimate of drug-likeness (QED) is 0.809. The summed E-state index contributed by atoms with van der Waals surface area (Å²) in [6.07, 6.45) is 0.224. The number of likely N-dealkylation sites (N-methyl/N-ethyl adjacent to an activating group) is 2. The summed E-state index contributed by atoms with van der Waals surface area (Å²) in [5, 5.41) is 0. The molecule has 0 aromatic heterocycles. The van der Waals surface area contributed by atoms with Crippen LogP contribution in [0.5, 0.6) is 0 Å². The molecule has 0 aliphatic heterocycles. The molecule has 1 aromatic carbocycles. The molecule has 0 saturated heterocycles. The van der Waals surface area contributed by atoms with Crippen LogP contribution in [0.1, 0.15) is 26.3 Å². The van der Waals surface area contributed by atoms with E-state index in [1.807, 2.05) is 44.2 Å². The zero-order valence-electron chi connectivity index (χ0n) is 15.0. The van der Waals surface area contributed by atoms with Crippen LogP contribution in [-0.2, 0) is 20.8 Å². The van der Waals surface area contributed by atoms with Crippen LogP contribution < -0.4 is 5.73 Å². The van der Waals surface area contributed by atoms with Gasteiger partial charge >= 0.3 is 0 Å². The summed E-state index contributed by atoms with van der Waals surface area (Å²) in [6.45, 7) is 5.31. The molecule has 0 unspecified atom stereocenters. The molecule has 0 bridgehead atoms. The minimum atomic E-state index is -0.697. The van der Waals surface area contributed by atoms with Crippen LogP contribution in [0, 0.1) is 5.92 Å². The smallest absolute Gasteiger partial charge is 0.245 e. The Bertz CT molecular complexity index is 586. The molecule has 0 spiro atoms. The van der Waals surface area contributed by atoms with E-state index in [9.17, 15) is 14.4 Å². The van der Waals surface area contributed by atoms with E-state index in [-0.39, 0.29) is 24.2 Å². The van der Waals surface area contributed by atoms with Gasteiger partial charge in [-0.25, -0.2) is 0 Å². The van der Waals surface area contributed by atoms with Crippen molar-refractivity contribution in [1.29, 1.82) is 0 Å². The van der Waals surface area contributed by atoms with E-state index in [4.69, 9.17) is 5.73 Å². The minimum Gasteiger partial charge on any atom is -0.368 e. The summed E-state index contributed by atoms with van der Waals surface area (Å²) < 4.78 is 0. The Morgan fingerprint density at radius 3 is 2.00 bits per heavy atom. The fraction of sp³-hybridized carbons (Fsp3) is 0.500. The van der Waals surface area contributed by atoms with E-state index in [2.05, 4.69) is 0 Å². The van der Waals surface area contributed by atoms with Gasteiger partial charge < -0.3 is 15.5 Å². The fourth-order valence-corrected chi connectivity index (χ4v) is 2.68. The number of hydrogen-bond donors (Lipinski definition) is 1. The Hall–Kier alpha value is -2.37. The summed E-state index contributed by atoms with van der Waals surface area (Å²) in [7, 11) is 3.14. The molecule has 0 heterocycles. The number of nitrogens with two attached hydrogens (primary N) is 1. The van der Waals surface area contributed by atoms with Crippen molar-refractivity contribution in [2.24, 2.45) is 11.7 Å². The molecule has 0 aliphatic carbocycles. The maximum absolute atomic E-state index is 12.6. The van der Waals surface area contributed by atoms with Crippen LogP contribution in [0.4, 0.5) is 0 Å². The molecule has 6 nitrogen and oxygen atoms in total. The highest BCUT2D eigenvalue weighted by Crippen LogP contribution is 2.13. The highest BCUT2D eigenvalue weighted by Gasteiger charge is 2.32. The lowest BCUT2D eigenvalue weighted by Gasteiger charge is -2.33. The molecule has 2 atom stereocenters. The van der Waals surface area contributed by atoms with Crippen molar-refractivity contribution in [3.8, 4) is 0 Å². The van der Waals surface area contributed by atoms with Crippen LogP contribution in [-0.4, -0.2) is 53.7 Å². The van der Waals surface area contributed by atoms with Crippen molar-refractivity contribution < 1.29 is 14.4 Å². The van der Waals surface area contributed by atoms with Crippen LogP contribution in [0.2, 0.25) is 0 Å². The average Bonchev–Trinajstić information content (AvgIpc) is 2.52. The third-order valence-corrected chi connectivity index (χ3v) is 4.22. The second kappa shape index (κ2) is 8.47. The van der Waals surface area contributed by atoms with Crippen molar-refractivity contribution in [3.05, 3.63) is 35.9 Å². The maximum atomic E-state index is 12.6. The second-order valence-corrected chi connectivity index (χ2v) is 6.38.